The molecule has 1 fully saturated rings. The molecule has 0 spiro atoms. The van der Waals surface area contributed by atoms with E-state index in [1.54, 1.807) is 6.20 Å². The van der Waals surface area contributed by atoms with Gasteiger partial charge in [0.15, 0.2) is 0 Å². The van der Waals surface area contributed by atoms with Gasteiger partial charge in [-0.25, -0.2) is 5.10 Å². The third-order valence-electron chi connectivity index (χ3n) is 4.74. The quantitative estimate of drug-likeness (QED) is 0.755. The molecule has 0 saturated heterocycles. The molecule has 2 N–H and O–H groups in total. The maximum Gasteiger partial charge on any atom is 0.288 e. The van der Waals surface area contributed by atoms with Crippen LogP contribution in [0.15, 0.2) is 29.2 Å². The number of nitrogens with one attached hydrogen (secondary N) is 2. The van der Waals surface area contributed by atoms with Gasteiger partial charge in [-0.2, -0.15) is 5.10 Å². The van der Waals surface area contributed by atoms with Crippen LogP contribution in [-0.4, -0.2) is 15.2 Å². The number of aromatic nitrogens is 3. The fourth-order valence-electron chi connectivity index (χ4n) is 3.64. The van der Waals surface area contributed by atoms with Crippen LogP contribution >= 0.6 is 0 Å². The molecule has 4 rings (SSSR count). The third kappa shape index (κ3) is 2.24. The average Bonchev–Trinajstić information content (AvgIpc) is 2.88. The number of H-pyrrole nitrogens is 2. The Balaban J connectivity index is 1.74. The highest BCUT2D eigenvalue weighted by molar-refractivity contribution is 6.06. The van der Waals surface area contributed by atoms with Crippen molar-refractivity contribution in [1.82, 2.24) is 15.2 Å². The fourth-order valence-corrected chi connectivity index (χ4v) is 3.64. The van der Waals surface area contributed by atoms with Crippen molar-refractivity contribution in [3.63, 3.8) is 0 Å². The van der Waals surface area contributed by atoms with Crippen molar-refractivity contribution in [2.45, 2.75) is 38.5 Å². The van der Waals surface area contributed by atoms with Crippen LogP contribution in [0.25, 0.3) is 21.8 Å². The van der Waals surface area contributed by atoms with Crippen LogP contribution in [0.3, 0.4) is 0 Å². The predicted molar refractivity (Wildman–Crippen MR) is 84.5 cm³/mol. The SMILES string of the molecule is O=c1[nH]ncc2c1[nH]c1cc(CC3CCCCC3)ccc12. The zero-order chi connectivity index (χ0) is 14.2. The van der Waals surface area contributed by atoms with Crippen LogP contribution in [0, 0.1) is 5.92 Å². The topological polar surface area (TPSA) is 61.5 Å². The van der Waals surface area contributed by atoms with Crippen LogP contribution < -0.4 is 5.56 Å². The zero-order valence-electron chi connectivity index (χ0n) is 12.0. The molecule has 2 aromatic heterocycles. The molecule has 0 aliphatic heterocycles. The van der Waals surface area contributed by atoms with Gasteiger partial charge in [-0.1, -0.05) is 44.2 Å². The molecule has 0 bridgehead atoms. The molecule has 2 heterocycles. The van der Waals surface area contributed by atoms with Crippen molar-refractivity contribution in [3.8, 4) is 0 Å². The van der Waals surface area contributed by atoms with Crippen LogP contribution in [0.4, 0.5) is 0 Å². The molecular formula is C17H19N3O. The van der Waals surface area contributed by atoms with Crippen LogP contribution in [0.2, 0.25) is 0 Å². The number of hydrogen-bond acceptors (Lipinski definition) is 2. The second kappa shape index (κ2) is 5.02. The van der Waals surface area contributed by atoms with Gasteiger partial charge in [0.25, 0.3) is 5.56 Å². The van der Waals surface area contributed by atoms with Gasteiger partial charge in [0.2, 0.25) is 0 Å². The number of hydrogen-bond donors (Lipinski definition) is 2. The average molecular weight is 281 g/mol. The van der Waals surface area contributed by atoms with E-state index < -0.39 is 0 Å². The first-order chi connectivity index (χ1) is 10.3. The molecule has 4 nitrogen and oxygen atoms in total. The molecular weight excluding hydrogens is 262 g/mol. The van der Waals surface area contributed by atoms with E-state index in [-0.39, 0.29) is 5.56 Å². The van der Waals surface area contributed by atoms with Gasteiger partial charge >= 0.3 is 0 Å². The van der Waals surface area contributed by atoms with Gasteiger partial charge in [-0.3, -0.25) is 4.79 Å². The van der Waals surface area contributed by atoms with E-state index in [4.69, 9.17) is 0 Å². The van der Waals surface area contributed by atoms with Crippen molar-refractivity contribution >= 4 is 21.8 Å². The number of benzene rings is 1. The third-order valence-corrected chi connectivity index (χ3v) is 4.74. The Morgan fingerprint density at radius 3 is 2.86 bits per heavy atom. The van der Waals surface area contributed by atoms with Crippen molar-refractivity contribution in [2.75, 3.05) is 0 Å². The van der Waals surface area contributed by atoms with E-state index in [0.29, 0.717) is 5.52 Å². The Morgan fingerprint density at radius 2 is 2.00 bits per heavy atom. The minimum absolute atomic E-state index is 0.155. The summed E-state index contributed by atoms with van der Waals surface area (Å²) in [4.78, 5) is 15.0. The van der Waals surface area contributed by atoms with Gasteiger partial charge in [0.05, 0.1) is 6.20 Å². The lowest BCUT2D eigenvalue weighted by atomic mass is 9.85. The number of aromatic amines is 2. The molecule has 1 saturated carbocycles. The molecule has 0 radical (unpaired) electrons. The van der Waals surface area contributed by atoms with E-state index in [0.717, 1.165) is 28.6 Å². The van der Waals surface area contributed by atoms with Crippen molar-refractivity contribution < 1.29 is 0 Å². The first-order valence-corrected chi connectivity index (χ1v) is 7.79. The zero-order valence-corrected chi connectivity index (χ0v) is 12.0. The molecule has 1 aromatic carbocycles. The van der Waals surface area contributed by atoms with Gasteiger partial charge in [0, 0.05) is 16.3 Å². The monoisotopic (exact) mass is 281 g/mol. The summed E-state index contributed by atoms with van der Waals surface area (Å²) in [5.41, 5.74) is 2.87. The van der Waals surface area contributed by atoms with Crippen LogP contribution in [-0.2, 0) is 6.42 Å². The Morgan fingerprint density at radius 1 is 1.14 bits per heavy atom. The maximum atomic E-state index is 11.8. The molecule has 0 atom stereocenters. The first-order valence-electron chi connectivity index (χ1n) is 7.79. The van der Waals surface area contributed by atoms with E-state index >= 15 is 0 Å². The van der Waals surface area contributed by atoms with E-state index in [2.05, 4.69) is 33.4 Å². The summed E-state index contributed by atoms with van der Waals surface area (Å²) >= 11 is 0. The lowest BCUT2D eigenvalue weighted by molar-refractivity contribution is 0.357. The van der Waals surface area contributed by atoms with Crippen molar-refractivity contribution in [1.29, 1.82) is 0 Å². The highest BCUT2D eigenvalue weighted by Crippen LogP contribution is 2.29. The number of fused-ring (bicyclic) bond motifs is 3. The minimum Gasteiger partial charge on any atom is -0.350 e. The van der Waals surface area contributed by atoms with Gasteiger partial charge in [-0.05, 0) is 24.0 Å². The largest absolute Gasteiger partial charge is 0.350 e. The number of nitrogens with zero attached hydrogens (tertiary/aromatic N) is 1. The molecule has 4 heteroatoms. The number of rotatable bonds is 2. The molecule has 3 aromatic rings. The second-order valence-corrected chi connectivity index (χ2v) is 6.20. The Labute approximate surface area is 122 Å². The summed E-state index contributed by atoms with van der Waals surface area (Å²) in [6.07, 6.45) is 9.73. The Bertz CT molecular complexity index is 840. The fraction of sp³-hybridized carbons (Fsp3) is 0.412. The Hall–Kier alpha value is -2.10. The van der Waals surface area contributed by atoms with E-state index in [9.17, 15) is 4.79 Å². The molecule has 0 amide bonds. The smallest absolute Gasteiger partial charge is 0.288 e. The molecule has 1 aliphatic rings. The van der Waals surface area contributed by atoms with E-state index in [1.165, 1.54) is 37.7 Å². The standard InChI is InChI=1S/C17H19N3O/c21-17-16-14(10-18-20-17)13-7-6-12(9-15(13)19-16)8-11-4-2-1-3-5-11/h6-7,9-11,19H,1-5,8H2,(H,20,21). The summed E-state index contributed by atoms with van der Waals surface area (Å²) in [6.45, 7) is 0. The lowest BCUT2D eigenvalue weighted by Gasteiger charge is -2.21. The summed E-state index contributed by atoms with van der Waals surface area (Å²) in [7, 11) is 0. The summed E-state index contributed by atoms with van der Waals surface area (Å²) in [5, 5.41) is 8.35. The van der Waals surface area contributed by atoms with Gasteiger partial charge < -0.3 is 4.98 Å². The highest BCUT2D eigenvalue weighted by atomic mass is 16.1. The van der Waals surface area contributed by atoms with Gasteiger partial charge in [-0.15, -0.1) is 0 Å². The highest BCUT2D eigenvalue weighted by Gasteiger charge is 2.15. The second-order valence-electron chi connectivity index (χ2n) is 6.20. The molecule has 1 aliphatic carbocycles. The summed E-state index contributed by atoms with van der Waals surface area (Å²) < 4.78 is 0. The van der Waals surface area contributed by atoms with Crippen LogP contribution in [0.1, 0.15) is 37.7 Å². The summed E-state index contributed by atoms with van der Waals surface area (Å²) in [6, 6.07) is 6.52. The first kappa shape index (κ1) is 12.6. The molecule has 108 valence electrons. The summed E-state index contributed by atoms with van der Waals surface area (Å²) in [5.74, 6) is 0.825. The van der Waals surface area contributed by atoms with Gasteiger partial charge in [0.1, 0.15) is 5.52 Å². The van der Waals surface area contributed by atoms with Crippen molar-refractivity contribution in [3.05, 3.63) is 40.3 Å². The normalized spacial score (nSPS) is 16.8. The Kier molecular flexibility index (Phi) is 3.02. The minimum atomic E-state index is -0.155. The van der Waals surface area contributed by atoms with Crippen LogP contribution in [0.5, 0.6) is 0 Å². The van der Waals surface area contributed by atoms with Crippen molar-refractivity contribution in [2.24, 2.45) is 5.92 Å². The molecule has 0 unspecified atom stereocenters. The molecule has 21 heavy (non-hydrogen) atoms. The predicted octanol–water partition coefficient (Wildman–Crippen LogP) is 3.53. The van der Waals surface area contributed by atoms with E-state index in [1.807, 2.05) is 0 Å². The lowest BCUT2D eigenvalue weighted by Crippen LogP contribution is -2.09. The maximum absolute atomic E-state index is 11.8.